The van der Waals surface area contributed by atoms with Gasteiger partial charge >= 0.3 is 6.16 Å². The van der Waals surface area contributed by atoms with Gasteiger partial charge in [0.15, 0.2) is 0 Å². The first-order valence-electron chi connectivity index (χ1n) is 4.06. The molecular weight excluding hydrogens is 160 g/mol. The molecule has 0 aromatic carbocycles. The Morgan fingerprint density at radius 1 is 1.25 bits per heavy atom. The lowest BCUT2D eigenvalue weighted by molar-refractivity contribution is -0.481. The van der Waals surface area contributed by atoms with Crippen molar-refractivity contribution in [3.63, 3.8) is 0 Å². The SMILES string of the molecule is CCC(C)C(C)(C)OC(O)(O)O. The molecule has 0 heterocycles. The number of ether oxygens (including phenoxy) is 1. The molecule has 0 bridgehead atoms. The molecule has 0 amide bonds. The van der Waals surface area contributed by atoms with E-state index in [1.54, 1.807) is 13.8 Å². The minimum absolute atomic E-state index is 0.128. The summed E-state index contributed by atoms with van der Waals surface area (Å²) in [6.07, 6.45) is -2.20. The maximum Gasteiger partial charge on any atom is 0.405 e. The van der Waals surface area contributed by atoms with Crippen LogP contribution in [0.5, 0.6) is 0 Å². The van der Waals surface area contributed by atoms with Crippen LogP contribution in [0.3, 0.4) is 0 Å². The summed E-state index contributed by atoms with van der Waals surface area (Å²) in [4.78, 5) is 0. The van der Waals surface area contributed by atoms with Crippen molar-refractivity contribution in [2.24, 2.45) is 5.92 Å². The molecule has 0 spiro atoms. The fourth-order valence-electron chi connectivity index (χ4n) is 0.945. The predicted molar refractivity (Wildman–Crippen MR) is 44.0 cm³/mol. The van der Waals surface area contributed by atoms with E-state index in [-0.39, 0.29) is 5.92 Å². The summed E-state index contributed by atoms with van der Waals surface area (Å²) in [7, 11) is 0. The Morgan fingerprint density at radius 3 is 1.92 bits per heavy atom. The molecule has 12 heavy (non-hydrogen) atoms. The minimum Gasteiger partial charge on any atom is -0.319 e. The molecule has 1 atom stereocenters. The monoisotopic (exact) mass is 178 g/mol. The normalized spacial score (nSPS) is 16.2. The fourth-order valence-corrected chi connectivity index (χ4v) is 0.945. The lowest BCUT2D eigenvalue weighted by Gasteiger charge is -2.34. The molecule has 0 radical (unpaired) electrons. The predicted octanol–water partition coefficient (Wildman–Crippen LogP) is 0.416. The summed E-state index contributed by atoms with van der Waals surface area (Å²) in [5.41, 5.74) is -0.757. The van der Waals surface area contributed by atoms with E-state index in [4.69, 9.17) is 15.3 Å². The molecular formula is C8H18O4. The van der Waals surface area contributed by atoms with Gasteiger partial charge in [-0.25, -0.2) is 0 Å². The van der Waals surface area contributed by atoms with E-state index in [1.807, 2.05) is 13.8 Å². The van der Waals surface area contributed by atoms with Crippen LogP contribution >= 0.6 is 0 Å². The number of hydrogen-bond acceptors (Lipinski definition) is 4. The Kier molecular flexibility index (Phi) is 3.65. The summed E-state index contributed by atoms with van der Waals surface area (Å²) in [6.45, 7) is 7.26. The van der Waals surface area contributed by atoms with Crippen molar-refractivity contribution < 1.29 is 20.1 Å². The average Bonchev–Trinajstić information content (AvgIpc) is 1.80. The van der Waals surface area contributed by atoms with E-state index < -0.39 is 11.8 Å². The first-order chi connectivity index (χ1) is 5.19. The lowest BCUT2D eigenvalue weighted by Crippen LogP contribution is -2.44. The molecule has 4 heteroatoms. The van der Waals surface area contributed by atoms with Crippen molar-refractivity contribution in [3.8, 4) is 0 Å². The zero-order valence-electron chi connectivity index (χ0n) is 8.03. The minimum atomic E-state index is -3.03. The van der Waals surface area contributed by atoms with Crippen molar-refractivity contribution in [1.29, 1.82) is 0 Å². The number of rotatable bonds is 4. The van der Waals surface area contributed by atoms with E-state index in [1.165, 1.54) is 0 Å². The number of aliphatic hydroxyl groups is 3. The highest BCUT2D eigenvalue weighted by Gasteiger charge is 2.34. The van der Waals surface area contributed by atoms with Crippen LogP contribution < -0.4 is 0 Å². The summed E-state index contributed by atoms with van der Waals surface area (Å²) < 4.78 is 4.64. The Bertz CT molecular complexity index is 136. The van der Waals surface area contributed by atoms with Crippen LogP contribution in [0.15, 0.2) is 0 Å². The molecule has 1 unspecified atom stereocenters. The van der Waals surface area contributed by atoms with E-state index in [2.05, 4.69) is 4.74 Å². The lowest BCUT2D eigenvalue weighted by atomic mass is 9.90. The Morgan fingerprint density at radius 2 is 1.67 bits per heavy atom. The summed E-state index contributed by atoms with van der Waals surface area (Å²) in [6, 6.07) is 0. The highest BCUT2D eigenvalue weighted by atomic mass is 16.9. The molecule has 0 aromatic heterocycles. The second-order valence-electron chi connectivity index (χ2n) is 3.59. The largest absolute Gasteiger partial charge is 0.405 e. The second kappa shape index (κ2) is 3.70. The Labute approximate surface area is 72.8 Å². The van der Waals surface area contributed by atoms with Gasteiger partial charge in [-0.2, -0.15) is 0 Å². The molecule has 0 saturated carbocycles. The molecule has 0 fully saturated rings. The van der Waals surface area contributed by atoms with E-state index in [0.717, 1.165) is 6.42 Å². The molecule has 0 aliphatic heterocycles. The second-order valence-corrected chi connectivity index (χ2v) is 3.59. The van der Waals surface area contributed by atoms with E-state index >= 15 is 0 Å². The van der Waals surface area contributed by atoms with Gasteiger partial charge in [0.05, 0.1) is 5.60 Å². The summed E-state index contributed by atoms with van der Waals surface area (Å²) in [5, 5.41) is 25.8. The summed E-state index contributed by atoms with van der Waals surface area (Å²) in [5.74, 6) is 0.128. The molecule has 0 rings (SSSR count). The molecule has 3 N–H and O–H groups in total. The maximum absolute atomic E-state index is 8.59. The van der Waals surface area contributed by atoms with Gasteiger partial charge in [0, 0.05) is 0 Å². The van der Waals surface area contributed by atoms with Crippen molar-refractivity contribution in [2.75, 3.05) is 0 Å². The van der Waals surface area contributed by atoms with Gasteiger partial charge in [0.1, 0.15) is 0 Å². The topological polar surface area (TPSA) is 69.9 Å². The van der Waals surface area contributed by atoms with Crippen LogP contribution in [-0.2, 0) is 4.74 Å². The van der Waals surface area contributed by atoms with Gasteiger partial charge in [0.25, 0.3) is 0 Å². The molecule has 0 aromatic rings. The van der Waals surface area contributed by atoms with Crippen LogP contribution in [0.25, 0.3) is 0 Å². The third-order valence-electron chi connectivity index (χ3n) is 2.20. The third-order valence-corrected chi connectivity index (χ3v) is 2.20. The Hall–Kier alpha value is -0.160. The van der Waals surface area contributed by atoms with Gasteiger partial charge in [-0.3, -0.25) is 4.74 Å². The number of hydrogen-bond donors (Lipinski definition) is 3. The first kappa shape index (κ1) is 11.8. The third kappa shape index (κ3) is 4.01. The van der Waals surface area contributed by atoms with Crippen molar-refractivity contribution >= 4 is 0 Å². The van der Waals surface area contributed by atoms with Crippen LogP contribution in [0.1, 0.15) is 34.1 Å². The van der Waals surface area contributed by atoms with E-state index in [0.29, 0.717) is 0 Å². The zero-order valence-corrected chi connectivity index (χ0v) is 8.03. The van der Waals surface area contributed by atoms with Crippen molar-refractivity contribution in [3.05, 3.63) is 0 Å². The van der Waals surface area contributed by atoms with Gasteiger partial charge < -0.3 is 15.3 Å². The standard InChI is InChI=1S/C8H18O4/c1-5-6(2)7(3,4)12-8(9,10)11/h6,9-11H,5H2,1-4H3. The van der Waals surface area contributed by atoms with Gasteiger partial charge in [0.2, 0.25) is 0 Å². The zero-order chi connectivity index (χ0) is 9.99. The molecule has 0 aliphatic rings. The van der Waals surface area contributed by atoms with Crippen LogP contribution in [0.4, 0.5) is 0 Å². The maximum atomic E-state index is 8.59. The molecule has 0 aliphatic carbocycles. The van der Waals surface area contributed by atoms with E-state index in [9.17, 15) is 0 Å². The van der Waals surface area contributed by atoms with Crippen LogP contribution in [0, 0.1) is 5.92 Å². The van der Waals surface area contributed by atoms with Crippen molar-refractivity contribution in [1.82, 2.24) is 0 Å². The van der Waals surface area contributed by atoms with Gasteiger partial charge in [-0.05, 0) is 19.8 Å². The van der Waals surface area contributed by atoms with Gasteiger partial charge in [-0.15, -0.1) is 0 Å². The van der Waals surface area contributed by atoms with Crippen LogP contribution in [0.2, 0.25) is 0 Å². The van der Waals surface area contributed by atoms with Gasteiger partial charge in [-0.1, -0.05) is 20.3 Å². The fraction of sp³-hybridized carbons (Fsp3) is 1.00. The highest BCUT2D eigenvalue weighted by Crippen LogP contribution is 2.26. The molecule has 74 valence electrons. The summed E-state index contributed by atoms with van der Waals surface area (Å²) >= 11 is 0. The highest BCUT2D eigenvalue weighted by molar-refractivity contribution is 4.75. The molecule has 0 saturated heterocycles. The first-order valence-corrected chi connectivity index (χ1v) is 4.06. The molecule has 4 nitrogen and oxygen atoms in total. The average molecular weight is 178 g/mol. The van der Waals surface area contributed by atoms with Crippen LogP contribution in [-0.4, -0.2) is 27.1 Å². The van der Waals surface area contributed by atoms with Crippen molar-refractivity contribution in [2.45, 2.75) is 45.9 Å². The quantitative estimate of drug-likeness (QED) is 0.545. The Balaban J connectivity index is 4.22. The smallest absolute Gasteiger partial charge is 0.319 e.